The number of thioether (sulfide) groups is 1. The van der Waals surface area contributed by atoms with Crippen molar-refractivity contribution in [2.75, 3.05) is 18.9 Å². The van der Waals surface area contributed by atoms with Gasteiger partial charge in [-0.05, 0) is 24.2 Å². The molecule has 0 spiro atoms. The molecule has 2 aliphatic rings. The van der Waals surface area contributed by atoms with E-state index < -0.39 is 23.8 Å². The van der Waals surface area contributed by atoms with E-state index in [2.05, 4.69) is 20.8 Å². The highest BCUT2D eigenvalue weighted by atomic mass is 32.2. The zero-order valence-corrected chi connectivity index (χ0v) is 19.8. The van der Waals surface area contributed by atoms with Crippen LogP contribution >= 0.6 is 23.1 Å². The number of likely N-dealkylation sites (tertiary alicyclic amines) is 1. The molecule has 5 rings (SSSR count). The first-order valence-corrected chi connectivity index (χ1v) is 12.3. The topological polar surface area (TPSA) is 100 Å². The molecule has 2 saturated heterocycles. The maximum absolute atomic E-state index is 14.6. The van der Waals surface area contributed by atoms with Crippen LogP contribution in [-0.4, -0.2) is 58.2 Å². The van der Waals surface area contributed by atoms with E-state index in [1.807, 2.05) is 0 Å². The Morgan fingerprint density at radius 2 is 2.11 bits per heavy atom. The lowest BCUT2D eigenvalue weighted by atomic mass is 10.0. The number of carbonyl (C=O) groups excluding carboxylic acids is 2. The summed E-state index contributed by atoms with van der Waals surface area (Å²) in [5.41, 5.74) is -4.16. The molecule has 0 radical (unpaired) electrons. The van der Waals surface area contributed by atoms with E-state index in [1.54, 1.807) is 18.2 Å². The average molecular weight is 530 g/mol. The molecule has 0 saturated carbocycles. The Hall–Kier alpha value is -2.87. The van der Waals surface area contributed by atoms with Gasteiger partial charge in [0.1, 0.15) is 12.2 Å². The Morgan fingerprint density at radius 3 is 2.83 bits per heavy atom. The van der Waals surface area contributed by atoms with E-state index in [0.29, 0.717) is 28.6 Å². The highest BCUT2D eigenvalue weighted by Crippen LogP contribution is 2.50. The van der Waals surface area contributed by atoms with Crippen LogP contribution in [-0.2, 0) is 9.59 Å². The van der Waals surface area contributed by atoms with Gasteiger partial charge in [0, 0.05) is 30.2 Å². The first-order chi connectivity index (χ1) is 16.6. The number of piperidine rings is 1. The molecule has 14 heteroatoms. The summed E-state index contributed by atoms with van der Waals surface area (Å²) in [7, 11) is 1.52. The first kappa shape index (κ1) is 23.9. The highest BCUT2D eigenvalue weighted by Gasteiger charge is 2.36. The molecule has 2 N–H and O–H groups in total. The van der Waals surface area contributed by atoms with Crippen molar-refractivity contribution in [1.82, 2.24) is 20.4 Å². The summed E-state index contributed by atoms with van der Waals surface area (Å²) in [4.78, 5) is 29.2. The number of thiophene rings is 1. The first-order valence-electron chi connectivity index (χ1n) is 10.7. The van der Waals surface area contributed by atoms with Gasteiger partial charge < -0.3 is 20.1 Å². The third-order valence-electron chi connectivity index (χ3n) is 5.87. The second-order valence-electron chi connectivity index (χ2n) is 8.35. The van der Waals surface area contributed by atoms with Crippen LogP contribution in [0.3, 0.4) is 0 Å². The van der Waals surface area contributed by atoms with Crippen LogP contribution in [0, 0.1) is 0 Å². The maximum Gasteiger partial charge on any atom is 0.446 e. The molecule has 0 bridgehead atoms. The zero-order valence-electron chi connectivity index (χ0n) is 18.2. The van der Waals surface area contributed by atoms with Gasteiger partial charge in [-0.2, -0.15) is 18.2 Å². The summed E-state index contributed by atoms with van der Waals surface area (Å²) >= 11 is 0.731. The molecule has 2 amide bonds. The largest absolute Gasteiger partial charge is 0.446 e. The summed E-state index contributed by atoms with van der Waals surface area (Å²) in [6.45, 7) is -0.0688. The van der Waals surface area contributed by atoms with Crippen molar-refractivity contribution < 1.29 is 31.7 Å². The van der Waals surface area contributed by atoms with Crippen LogP contribution in [0.15, 0.2) is 27.6 Å². The van der Waals surface area contributed by atoms with Gasteiger partial charge in [0.15, 0.2) is 0 Å². The third-order valence-corrected chi connectivity index (χ3v) is 8.10. The minimum Gasteiger partial charge on any atom is -0.378 e. The second-order valence-corrected chi connectivity index (χ2v) is 10.4. The van der Waals surface area contributed by atoms with Gasteiger partial charge in [-0.1, -0.05) is 17.3 Å². The molecular weight excluding hydrogens is 510 g/mol. The van der Waals surface area contributed by atoms with Crippen molar-refractivity contribution in [1.29, 1.82) is 0 Å². The molecule has 3 aromatic rings. The Kier molecular flexibility index (Phi) is 6.11. The number of rotatable bonds is 5. The summed E-state index contributed by atoms with van der Waals surface area (Å²) in [6.07, 6.45) is -0.662. The highest BCUT2D eigenvalue weighted by molar-refractivity contribution is 8.00. The molecular formula is C21H19F4N5O3S2. The maximum atomic E-state index is 14.6. The van der Waals surface area contributed by atoms with E-state index in [1.165, 1.54) is 11.9 Å². The minimum atomic E-state index is -4.58. The van der Waals surface area contributed by atoms with E-state index in [4.69, 9.17) is 4.52 Å². The molecule has 2 aliphatic heterocycles. The van der Waals surface area contributed by atoms with E-state index in [9.17, 15) is 27.2 Å². The second kappa shape index (κ2) is 8.97. The number of nitrogens with one attached hydrogen (secondary N) is 2. The number of benzene rings is 1. The predicted octanol–water partition coefficient (Wildman–Crippen LogP) is 4.50. The van der Waals surface area contributed by atoms with Crippen molar-refractivity contribution in [2.24, 2.45) is 0 Å². The molecule has 2 fully saturated rings. The van der Waals surface area contributed by atoms with Gasteiger partial charge in [0.05, 0.1) is 27.9 Å². The lowest BCUT2D eigenvalue weighted by Gasteiger charge is -2.33. The summed E-state index contributed by atoms with van der Waals surface area (Å²) in [5.74, 6) is -0.297. The van der Waals surface area contributed by atoms with Crippen molar-refractivity contribution in [3.63, 3.8) is 0 Å². The van der Waals surface area contributed by atoms with Crippen LogP contribution in [0.1, 0.15) is 31.2 Å². The molecule has 8 nitrogen and oxygen atoms in total. The zero-order chi connectivity index (χ0) is 24.9. The molecule has 4 heterocycles. The smallest absolute Gasteiger partial charge is 0.378 e. The molecule has 35 heavy (non-hydrogen) atoms. The minimum absolute atomic E-state index is 0.0297. The van der Waals surface area contributed by atoms with Gasteiger partial charge >= 0.3 is 5.51 Å². The molecule has 2 aromatic heterocycles. The monoisotopic (exact) mass is 529 g/mol. The SMILES string of the molecule is CN1C[C@H](F)[C@H](Nc2cccc3c(SC(F)(F)F)c(-c4noc([C@H]5CCC(=O)N5)n4)sc23)CC1=O. The number of aromatic nitrogens is 2. The molecule has 0 unspecified atom stereocenters. The summed E-state index contributed by atoms with van der Waals surface area (Å²) < 4.78 is 60.8. The normalized spacial score (nSPS) is 23.2. The lowest BCUT2D eigenvalue weighted by molar-refractivity contribution is -0.134. The number of alkyl halides is 4. The number of nitrogens with zero attached hydrogens (tertiary/aromatic N) is 3. The van der Waals surface area contributed by atoms with Crippen LogP contribution in [0.5, 0.6) is 0 Å². The Labute approximate surface area is 204 Å². The van der Waals surface area contributed by atoms with Gasteiger partial charge in [-0.15, -0.1) is 11.3 Å². The molecule has 1 aromatic carbocycles. The summed E-state index contributed by atoms with van der Waals surface area (Å²) in [5, 5.41) is 9.88. The van der Waals surface area contributed by atoms with Crippen molar-refractivity contribution in [3.8, 4) is 10.7 Å². The van der Waals surface area contributed by atoms with Crippen molar-refractivity contribution >= 4 is 50.7 Å². The van der Waals surface area contributed by atoms with Crippen LogP contribution in [0.4, 0.5) is 23.2 Å². The Bertz CT molecular complexity index is 1290. The number of carbonyl (C=O) groups is 2. The lowest BCUT2D eigenvalue weighted by Crippen LogP contribution is -2.49. The van der Waals surface area contributed by atoms with E-state index in [0.717, 1.165) is 11.3 Å². The number of hydrogen-bond acceptors (Lipinski definition) is 8. The fourth-order valence-corrected chi connectivity index (χ4v) is 6.25. The van der Waals surface area contributed by atoms with Gasteiger partial charge in [-0.25, -0.2) is 4.39 Å². The van der Waals surface area contributed by atoms with Crippen molar-refractivity contribution in [3.05, 3.63) is 24.1 Å². The number of hydrogen-bond donors (Lipinski definition) is 2. The fraction of sp³-hybridized carbons (Fsp3) is 0.429. The molecule has 0 aliphatic carbocycles. The van der Waals surface area contributed by atoms with Crippen LogP contribution in [0.2, 0.25) is 0 Å². The van der Waals surface area contributed by atoms with E-state index >= 15 is 0 Å². The third kappa shape index (κ3) is 4.81. The Morgan fingerprint density at radius 1 is 1.31 bits per heavy atom. The van der Waals surface area contributed by atoms with Gasteiger partial charge in [0.25, 0.3) is 0 Å². The molecule has 186 valence electrons. The summed E-state index contributed by atoms with van der Waals surface area (Å²) in [6, 6.07) is 3.45. The van der Waals surface area contributed by atoms with E-state index in [-0.39, 0.29) is 58.0 Å². The Balaban J connectivity index is 1.54. The van der Waals surface area contributed by atoms with Crippen LogP contribution in [0.25, 0.3) is 20.8 Å². The number of halogens is 4. The number of fused-ring (bicyclic) bond motifs is 1. The van der Waals surface area contributed by atoms with Crippen LogP contribution < -0.4 is 10.6 Å². The predicted molar refractivity (Wildman–Crippen MR) is 122 cm³/mol. The van der Waals surface area contributed by atoms with Gasteiger partial charge in [-0.3, -0.25) is 9.59 Å². The van der Waals surface area contributed by atoms with Gasteiger partial charge in [0.2, 0.25) is 23.5 Å². The average Bonchev–Trinajstić information content (AvgIpc) is 3.50. The number of anilines is 1. The fourth-order valence-electron chi connectivity index (χ4n) is 4.15. The number of amides is 2. The standard InChI is InChI=1S/C21H19F4N5O3S2/c1-30-8-10(22)13(7-15(30)32)26-11-4-2-3-9-16(11)34-18(17(9)35-21(23,24)25)19-28-20(33-29-19)12-5-6-14(31)27-12/h2-4,10,12-13,26H,5-8H2,1H3,(H,27,31)/t10-,12+,13+/m0/s1. The molecule has 3 atom stereocenters. The quantitative estimate of drug-likeness (QED) is 0.371. The van der Waals surface area contributed by atoms with Crippen molar-refractivity contribution in [2.45, 2.75) is 47.9 Å².